The van der Waals surface area contributed by atoms with Crippen molar-refractivity contribution in [1.82, 2.24) is 10.6 Å². The Balaban J connectivity index is 1.65. The van der Waals surface area contributed by atoms with E-state index in [9.17, 15) is 0 Å². The Morgan fingerprint density at radius 3 is 2.55 bits per heavy atom. The van der Waals surface area contributed by atoms with Crippen molar-refractivity contribution in [1.29, 1.82) is 0 Å². The molecular formula is C18H24N2. The summed E-state index contributed by atoms with van der Waals surface area (Å²) in [4.78, 5) is 0. The van der Waals surface area contributed by atoms with Crippen molar-refractivity contribution in [3.8, 4) is 0 Å². The van der Waals surface area contributed by atoms with Crippen molar-refractivity contribution in [3.05, 3.63) is 48.0 Å². The van der Waals surface area contributed by atoms with Crippen LogP contribution in [0, 0.1) is 5.41 Å². The largest absolute Gasteiger partial charge is 0.319 e. The first-order valence-corrected chi connectivity index (χ1v) is 7.65. The van der Waals surface area contributed by atoms with Gasteiger partial charge >= 0.3 is 0 Å². The molecule has 2 nitrogen and oxygen atoms in total. The third-order valence-corrected chi connectivity index (χ3v) is 4.66. The first-order valence-electron chi connectivity index (χ1n) is 7.65. The molecule has 20 heavy (non-hydrogen) atoms. The molecule has 0 radical (unpaired) electrons. The molecule has 2 aromatic rings. The van der Waals surface area contributed by atoms with Crippen molar-refractivity contribution in [2.45, 2.75) is 25.8 Å². The van der Waals surface area contributed by atoms with Gasteiger partial charge in [-0.2, -0.15) is 0 Å². The lowest BCUT2D eigenvalue weighted by atomic mass is 9.68. The molecule has 0 spiro atoms. The molecule has 0 amide bonds. The topological polar surface area (TPSA) is 24.1 Å². The van der Waals surface area contributed by atoms with Crippen molar-refractivity contribution in [2.75, 3.05) is 20.1 Å². The number of hydrogen-bond acceptors (Lipinski definition) is 2. The molecule has 0 saturated heterocycles. The summed E-state index contributed by atoms with van der Waals surface area (Å²) in [5.41, 5.74) is 1.90. The van der Waals surface area contributed by atoms with E-state index in [1.165, 1.54) is 35.6 Å². The first-order chi connectivity index (χ1) is 9.83. The predicted octanol–water partition coefficient (Wildman–Crippen LogP) is 3.32. The Bertz CT molecular complexity index is 567. The van der Waals surface area contributed by atoms with Crippen LogP contribution < -0.4 is 10.6 Å². The fourth-order valence-electron chi connectivity index (χ4n) is 3.38. The van der Waals surface area contributed by atoms with E-state index in [1.807, 2.05) is 0 Å². The van der Waals surface area contributed by atoms with E-state index in [2.05, 4.69) is 60.1 Å². The SMILES string of the molecule is CNCC1(CNCc2cccc3ccccc23)CCC1. The number of benzene rings is 2. The Kier molecular flexibility index (Phi) is 4.04. The minimum atomic E-state index is 0.499. The molecule has 1 fully saturated rings. The average molecular weight is 268 g/mol. The highest BCUT2D eigenvalue weighted by molar-refractivity contribution is 5.85. The zero-order valence-corrected chi connectivity index (χ0v) is 12.3. The summed E-state index contributed by atoms with van der Waals surface area (Å²) in [6, 6.07) is 15.2. The van der Waals surface area contributed by atoms with Crippen LogP contribution in [0.15, 0.2) is 42.5 Å². The third-order valence-electron chi connectivity index (χ3n) is 4.66. The molecule has 2 heteroatoms. The summed E-state index contributed by atoms with van der Waals surface area (Å²) in [7, 11) is 2.06. The monoisotopic (exact) mass is 268 g/mol. The molecule has 0 bridgehead atoms. The molecule has 0 heterocycles. The number of nitrogens with one attached hydrogen (secondary N) is 2. The summed E-state index contributed by atoms with van der Waals surface area (Å²) in [5.74, 6) is 0. The maximum absolute atomic E-state index is 3.68. The average Bonchev–Trinajstić information content (AvgIpc) is 2.45. The highest BCUT2D eigenvalue weighted by Crippen LogP contribution is 2.39. The minimum absolute atomic E-state index is 0.499. The van der Waals surface area contributed by atoms with E-state index >= 15 is 0 Å². The van der Waals surface area contributed by atoms with Crippen LogP contribution in [0.1, 0.15) is 24.8 Å². The lowest BCUT2D eigenvalue weighted by molar-refractivity contribution is 0.130. The van der Waals surface area contributed by atoms with Gasteiger partial charge in [-0.1, -0.05) is 48.9 Å². The second-order valence-electron chi connectivity index (χ2n) is 6.13. The van der Waals surface area contributed by atoms with Crippen LogP contribution in [0.2, 0.25) is 0 Å². The fraction of sp³-hybridized carbons (Fsp3) is 0.444. The number of fused-ring (bicyclic) bond motifs is 1. The van der Waals surface area contributed by atoms with Crippen molar-refractivity contribution < 1.29 is 0 Å². The van der Waals surface area contributed by atoms with E-state index in [4.69, 9.17) is 0 Å². The van der Waals surface area contributed by atoms with Gasteiger partial charge in [0.1, 0.15) is 0 Å². The van der Waals surface area contributed by atoms with E-state index in [-0.39, 0.29) is 0 Å². The van der Waals surface area contributed by atoms with Gasteiger partial charge in [0, 0.05) is 19.6 Å². The fourth-order valence-corrected chi connectivity index (χ4v) is 3.38. The minimum Gasteiger partial charge on any atom is -0.319 e. The van der Waals surface area contributed by atoms with Gasteiger partial charge in [0.25, 0.3) is 0 Å². The van der Waals surface area contributed by atoms with Gasteiger partial charge in [-0.05, 0) is 41.6 Å². The maximum Gasteiger partial charge on any atom is 0.0211 e. The van der Waals surface area contributed by atoms with Crippen molar-refractivity contribution in [3.63, 3.8) is 0 Å². The van der Waals surface area contributed by atoms with Gasteiger partial charge in [0.05, 0.1) is 0 Å². The zero-order valence-electron chi connectivity index (χ0n) is 12.3. The van der Waals surface area contributed by atoms with E-state index in [0.717, 1.165) is 19.6 Å². The summed E-state index contributed by atoms with van der Waals surface area (Å²) < 4.78 is 0. The summed E-state index contributed by atoms with van der Waals surface area (Å²) in [6.45, 7) is 3.22. The van der Waals surface area contributed by atoms with Gasteiger partial charge in [0.15, 0.2) is 0 Å². The second kappa shape index (κ2) is 5.94. The Morgan fingerprint density at radius 1 is 1.00 bits per heavy atom. The number of rotatable bonds is 6. The predicted molar refractivity (Wildman–Crippen MR) is 85.9 cm³/mol. The standard InChI is InChI=1S/C18H24N2/c1-19-13-18(10-5-11-18)14-20-12-16-8-4-7-15-6-2-3-9-17(15)16/h2-4,6-9,19-20H,5,10-14H2,1H3. The van der Waals surface area contributed by atoms with Gasteiger partial charge in [0.2, 0.25) is 0 Å². The van der Waals surface area contributed by atoms with Crippen molar-refractivity contribution >= 4 is 10.8 Å². The molecule has 2 N–H and O–H groups in total. The lowest BCUT2D eigenvalue weighted by Crippen LogP contribution is -2.46. The molecule has 1 aliphatic carbocycles. The van der Waals surface area contributed by atoms with Crippen LogP contribution in [-0.4, -0.2) is 20.1 Å². The van der Waals surface area contributed by atoms with Gasteiger partial charge in [-0.25, -0.2) is 0 Å². The molecular weight excluding hydrogens is 244 g/mol. The highest BCUT2D eigenvalue weighted by Gasteiger charge is 2.35. The van der Waals surface area contributed by atoms with Crippen LogP contribution in [0.25, 0.3) is 10.8 Å². The lowest BCUT2D eigenvalue weighted by Gasteiger charge is -2.42. The van der Waals surface area contributed by atoms with Gasteiger partial charge in [-0.15, -0.1) is 0 Å². The normalized spacial score (nSPS) is 17.1. The van der Waals surface area contributed by atoms with Gasteiger partial charge in [-0.3, -0.25) is 0 Å². The molecule has 106 valence electrons. The second-order valence-corrected chi connectivity index (χ2v) is 6.13. The summed E-state index contributed by atoms with van der Waals surface area (Å²) in [6.07, 6.45) is 4.10. The molecule has 1 aliphatic rings. The highest BCUT2D eigenvalue weighted by atomic mass is 14.9. The first kappa shape index (κ1) is 13.6. The molecule has 2 aromatic carbocycles. The van der Waals surface area contributed by atoms with Crippen LogP contribution in [0.5, 0.6) is 0 Å². The Labute approximate surface area is 121 Å². The van der Waals surface area contributed by atoms with Crippen LogP contribution in [0.3, 0.4) is 0 Å². The quantitative estimate of drug-likeness (QED) is 0.840. The van der Waals surface area contributed by atoms with Crippen LogP contribution >= 0.6 is 0 Å². The Hall–Kier alpha value is -1.38. The van der Waals surface area contributed by atoms with Crippen molar-refractivity contribution in [2.24, 2.45) is 5.41 Å². The molecule has 3 rings (SSSR count). The van der Waals surface area contributed by atoms with Crippen LogP contribution in [-0.2, 0) is 6.54 Å². The molecule has 0 unspecified atom stereocenters. The van der Waals surface area contributed by atoms with E-state index in [1.54, 1.807) is 0 Å². The third kappa shape index (κ3) is 2.72. The summed E-state index contributed by atoms with van der Waals surface area (Å²) >= 11 is 0. The smallest absolute Gasteiger partial charge is 0.0211 e. The Morgan fingerprint density at radius 2 is 1.80 bits per heavy atom. The summed E-state index contributed by atoms with van der Waals surface area (Å²) in [5, 5.41) is 9.74. The molecule has 0 atom stereocenters. The van der Waals surface area contributed by atoms with Crippen LogP contribution in [0.4, 0.5) is 0 Å². The maximum atomic E-state index is 3.68. The van der Waals surface area contributed by atoms with E-state index < -0.39 is 0 Å². The van der Waals surface area contributed by atoms with E-state index in [0.29, 0.717) is 5.41 Å². The van der Waals surface area contributed by atoms with Gasteiger partial charge < -0.3 is 10.6 Å². The molecule has 0 aromatic heterocycles. The number of hydrogen-bond donors (Lipinski definition) is 2. The molecule has 1 saturated carbocycles. The molecule has 0 aliphatic heterocycles. The zero-order chi connectivity index (χ0) is 13.8.